The second-order valence-corrected chi connectivity index (χ2v) is 2.41. The van der Waals surface area contributed by atoms with Crippen LogP contribution in [-0.4, -0.2) is 9.97 Å². The van der Waals surface area contributed by atoms with Gasteiger partial charge in [-0.15, -0.1) is 0 Å². The highest BCUT2D eigenvalue weighted by Gasteiger charge is 2.00. The first-order valence-corrected chi connectivity index (χ1v) is 3.88. The van der Waals surface area contributed by atoms with Gasteiger partial charge in [0, 0.05) is 11.9 Å². The van der Waals surface area contributed by atoms with Crippen LogP contribution in [0.2, 0.25) is 0 Å². The SMILES string of the molecule is CCc1cnc(N)nc1CC. The van der Waals surface area contributed by atoms with Crippen LogP contribution in [0.3, 0.4) is 0 Å². The molecule has 0 atom stereocenters. The Morgan fingerprint density at radius 2 is 2.09 bits per heavy atom. The number of rotatable bonds is 2. The van der Waals surface area contributed by atoms with E-state index in [-0.39, 0.29) is 0 Å². The van der Waals surface area contributed by atoms with Crippen LogP contribution in [0.15, 0.2) is 6.20 Å². The third-order valence-electron chi connectivity index (χ3n) is 1.69. The number of aryl methyl sites for hydroxylation is 2. The van der Waals surface area contributed by atoms with Crippen LogP contribution in [0.4, 0.5) is 5.95 Å². The standard InChI is InChI=1S/C8H13N3/c1-3-6-5-10-8(9)11-7(6)4-2/h5H,3-4H2,1-2H3,(H2,9,10,11). The fourth-order valence-corrected chi connectivity index (χ4v) is 1.06. The molecule has 11 heavy (non-hydrogen) atoms. The summed E-state index contributed by atoms with van der Waals surface area (Å²) >= 11 is 0. The van der Waals surface area contributed by atoms with E-state index >= 15 is 0 Å². The molecule has 0 spiro atoms. The molecule has 1 heterocycles. The van der Waals surface area contributed by atoms with Crippen molar-refractivity contribution >= 4 is 5.95 Å². The van der Waals surface area contributed by atoms with Gasteiger partial charge in [0.2, 0.25) is 5.95 Å². The third-order valence-corrected chi connectivity index (χ3v) is 1.69. The summed E-state index contributed by atoms with van der Waals surface area (Å²) in [4.78, 5) is 8.05. The van der Waals surface area contributed by atoms with E-state index < -0.39 is 0 Å². The molecule has 0 radical (unpaired) electrons. The van der Waals surface area contributed by atoms with E-state index in [1.54, 1.807) is 6.20 Å². The Morgan fingerprint density at radius 1 is 1.36 bits per heavy atom. The van der Waals surface area contributed by atoms with Gasteiger partial charge in [-0.1, -0.05) is 13.8 Å². The van der Waals surface area contributed by atoms with Gasteiger partial charge >= 0.3 is 0 Å². The van der Waals surface area contributed by atoms with Crippen molar-refractivity contribution < 1.29 is 0 Å². The second-order valence-electron chi connectivity index (χ2n) is 2.41. The molecule has 0 amide bonds. The lowest BCUT2D eigenvalue weighted by atomic mass is 10.1. The van der Waals surface area contributed by atoms with Crippen LogP contribution >= 0.6 is 0 Å². The molecule has 0 bridgehead atoms. The van der Waals surface area contributed by atoms with Gasteiger partial charge in [-0.2, -0.15) is 0 Å². The van der Waals surface area contributed by atoms with Crippen molar-refractivity contribution in [1.82, 2.24) is 9.97 Å². The zero-order valence-corrected chi connectivity index (χ0v) is 6.96. The zero-order chi connectivity index (χ0) is 8.27. The molecule has 1 aromatic rings. The van der Waals surface area contributed by atoms with Crippen LogP contribution in [0.1, 0.15) is 25.1 Å². The Labute approximate surface area is 66.7 Å². The number of hydrogen-bond donors (Lipinski definition) is 1. The van der Waals surface area contributed by atoms with Gasteiger partial charge in [-0.3, -0.25) is 0 Å². The Morgan fingerprint density at radius 3 is 2.64 bits per heavy atom. The molecule has 2 N–H and O–H groups in total. The average Bonchev–Trinajstić information content (AvgIpc) is 2.04. The van der Waals surface area contributed by atoms with Gasteiger partial charge < -0.3 is 5.73 Å². The molecule has 0 aliphatic heterocycles. The van der Waals surface area contributed by atoms with E-state index in [2.05, 4.69) is 23.8 Å². The van der Waals surface area contributed by atoms with Gasteiger partial charge in [0.05, 0.1) is 0 Å². The van der Waals surface area contributed by atoms with E-state index in [1.807, 2.05) is 0 Å². The minimum absolute atomic E-state index is 0.374. The van der Waals surface area contributed by atoms with Crippen LogP contribution < -0.4 is 5.73 Å². The Balaban J connectivity index is 3.06. The summed E-state index contributed by atoms with van der Waals surface area (Å²) < 4.78 is 0. The van der Waals surface area contributed by atoms with Crippen molar-refractivity contribution in [3.8, 4) is 0 Å². The number of hydrogen-bond acceptors (Lipinski definition) is 3. The quantitative estimate of drug-likeness (QED) is 0.690. The number of anilines is 1. The van der Waals surface area contributed by atoms with Crippen molar-refractivity contribution in [2.75, 3.05) is 5.73 Å². The van der Waals surface area contributed by atoms with Gasteiger partial charge in [0.25, 0.3) is 0 Å². The normalized spacial score (nSPS) is 10.0. The fourth-order valence-electron chi connectivity index (χ4n) is 1.06. The first-order valence-electron chi connectivity index (χ1n) is 3.88. The number of nitrogen functional groups attached to an aromatic ring is 1. The van der Waals surface area contributed by atoms with Crippen molar-refractivity contribution in [2.45, 2.75) is 26.7 Å². The minimum Gasteiger partial charge on any atom is -0.368 e. The van der Waals surface area contributed by atoms with Crippen LogP contribution in [-0.2, 0) is 12.8 Å². The molecule has 3 heteroatoms. The molecular weight excluding hydrogens is 138 g/mol. The first kappa shape index (κ1) is 7.98. The Hall–Kier alpha value is -1.12. The van der Waals surface area contributed by atoms with Gasteiger partial charge in [0.15, 0.2) is 0 Å². The number of nitrogens with two attached hydrogens (primary N) is 1. The minimum atomic E-state index is 0.374. The number of nitrogens with zero attached hydrogens (tertiary/aromatic N) is 2. The summed E-state index contributed by atoms with van der Waals surface area (Å²) in [5.74, 6) is 0.374. The van der Waals surface area contributed by atoms with Crippen LogP contribution in [0.5, 0.6) is 0 Å². The summed E-state index contributed by atoms with van der Waals surface area (Å²) in [5.41, 5.74) is 7.70. The fraction of sp³-hybridized carbons (Fsp3) is 0.500. The summed E-state index contributed by atoms with van der Waals surface area (Å²) in [6, 6.07) is 0. The lowest BCUT2D eigenvalue weighted by Gasteiger charge is -2.03. The lowest BCUT2D eigenvalue weighted by Crippen LogP contribution is -2.01. The van der Waals surface area contributed by atoms with E-state index in [0.29, 0.717) is 5.95 Å². The maximum atomic E-state index is 5.44. The maximum Gasteiger partial charge on any atom is 0.220 e. The molecule has 0 saturated heterocycles. The van der Waals surface area contributed by atoms with Crippen molar-refractivity contribution in [3.63, 3.8) is 0 Å². The first-order chi connectivity index (χ1) is 5.27. The predicted molar refractivity (Wildman–Crippen MR) is 45.2 cm³/mol. The molecule has 0 saturated carbocycles. The van der Waals surface area contributed by atoms with Crippen molar-refractivity contribution in [2.24, 2.45) is 0 Å². The largest absolute Gasteiger partial charge is 0.368 e. The van der Waals surface area contributed by atoms with Gasteiger partial charge in [-0.05, 0) is 18.4 Å². The van der Waals surface area contributed by atoms with Gasteiger partial charge in [-0.25, -0.2) is 9.97 Å². The smallest absolute Gasteiger partial charge is 0.220 e. The molecule has 60 valence electrons. The maximum absolute atomic E-state index is 5.44. The van der Waals surface area contributed by atoms with Crippen LogP contribution in [0.25, 0.3) is 0 Å². The van der Waals surface area contributed by atoms with Crippen molar-refractivity contribution in [1.29, 1.82) is 0 Å². The molecule has 1 aromatic heterocycles. The molecule has 0 unspecified atom stereocenters. The molecule has 3 nitrogen and oxygen atoms in total. The zero-order valence-electron chi connectivity index (χ0n) is 6.96. The predicted octanol–water partition coefficient (Wildman–Crippen LogP) is 1.18. The highest BCUT2D eigenvalue weighted by Crippen LogP contribution is 2.07. The van der Waals surface area contributed by atoms with E-state index in [1.165, 1.54) is 5.56 Å². The van der Waals surface area contributed by atoms with Crippen LogP contribution in [0, 0.1) is 0 Å². The average molecular weight is 151 g/mol. The van der Waals surface area contributed by atoms with Gasteiger partial charge in [0.1, 0.15) is 0 Å². The van der Waals surface area contributed by atoms with E-state index in [0.717, 1.165) is 18.5 Å². The Kier molecular flexibility index (Phi) is 2.41. The van der Waals surface area contributed by atoms with Crippen molar-refractivity contribution in [3.05, 3.63) is 17.5 Å². The number of aromatic nitrogens is 2. The molecular formula is C8H13N3. The summed E-state index contributed by atoms with van der Waals surface area (Å²) in [6.45, 7) is 4.16. The third kappa shape index (κ3) is 1.67. The summed E-state index contributed by atoms with van der Waals surface area (Å²) in [5, 5.41) is 0. The molecule has 0 aliphatic carbocycles. The molecule has 1 rings (SSSR count). The highest BCUT2D eigenvalue weighted by molar-refractivity contribution is 5.24. The highest BCUT2D eigenvalue weighted by atomic mass is 15.0. The lowest BCUT2D eigenvalue weighted by molar-refractivity contribution is 0.938. The van der Waals surface area contributed by atoms with E-state index in [9.17, 15) is 0 Å². The molecule has 0 fully saturated rings. The summed E-state index contributed by atoms with van der Waals surface area (Å²) in [7, 11) is 0. The summed E-state index contributed by atoms with van der Waals surface area (Å²) in [6.07, 6.45) is 3.71. The second kappa shape index (κ2) is 3.32. The molecule has 0 aromatic carbocycles. The monoisotopic (exact) mass is 151 g/mol. The van der Waals surface area contributed by atoms with E-state index in [4.69, 9.17) is 5.73 Å². The topological polar surface area (TPSA) is 51.8 Å². The molecule has 0 aliphatic rings. The Bertz CT molecular complexity index is 245.